The van der Waals surface area contributed by atoms with E-state index in [0.717, 1.165) is 22.9 Å². The zero-order valence-corrected chi connectivity index (χ0v) is 16.0. The molecule has 132 valence electrons. The predicted octanol–water partition coefficient (Wildman–Crippen LogP) is 3.00. The predicted molar refractivity (Wildman–Crippen MR) is 103 cm³/mol. The van der Waals surface area contributed by atoms with Gasteiger partial charge in [0, 0.05) is 0 Å². The number of rotatable bonds is 6. The number of carbonyl (C=O) groups is 2. The van der Waals surface area contributed by atoms with E-state index in [1.807, 2.05) is 50.3 Å². The average molecular weight is 375 g/mol. The summed E-state index contributed by atoms with van der Waals surface area (Å²) in [5.74, 6) is -1.89. The maximum Gasteiger partial charge on any atom is 0.266 e. The minimum atomic E-state index is -1.27. The maximum absolute atomic E-state index is 12.7. The van der Waals surface area contributed by atoms with Gasteiger partial charge in [0.2, 0.25) is 0 Å². The summed E-state index contributed by atoms with van der Waals surface area (Å²) in [6.07, 6.45) is 4.31. The first kappa shape index (κ1) is 19.4. The van der Waals surface area contributed by atoms with Crippen LogP contribution in [0.5, 0.6) is 0 Å². The number of thioether (sulfide) groups is 1. The third-order valence-corrected chi connectivity index (χ3v) is 5.41. The molecule has 0 unspecified atom stereocenters. The van der Waals surface area contributed by atoms with Gasteiger partial charge in [0.05, 0.1) is 16.9 Å². The Morgan fingerprint density at radius 2 is 2.00 bits per heavy atom. The standard InChI is InChI=1S/C19H21NO3S2/c1-4-13(3)16(18(22)23)20-17(21)15(25-19(20)24)11-12(2)10-14-8-6-5-7-9-14/h5-11,13,16H,4H2,1-3H3,(H,22,23)/p-1/b12-10+,15-11-/t13-,16+/m0/s1. The monoisotopic (exact) mass is 374 g/mol. The Morgan fingerprint density at radius 1 is 1.36 bits per heavy atom. The molecule has 1 aromatic rings. The summed E-state index contributed by atoms with van der Waals surface area (Å²) in [7, 11) is 0. The molecule has 0 saturated carbocycles. The lowest BCUT2D eigenvalue weighted by molar-refractivity contribution is -0.311. The van der Waals surface area contributed by atoms with Crippen LogP contribution in [0.15, 0.2) is 46.9 Å². The molecule has 1 aromatic carbocycles. The Bertz CT molecular complexity index is 740. The van der Waals surface area contributed by atoms with Gasteiger partial charge in [-0.1, -0.05) is 80.7 Å². The smallest absolute Gasteiger partial charge is 0.266 e. The molecule has 1 fully saturated rings. The summed E-state index contributed by atoms with van der Waals surface area (Å²) < 4.78 is 0.262. The highest BCUT2D eigenvalue weighted by molar-refractivity contribution is 8.26. The van der Waals surface area contributed by atoms with Gasteiger partial charge in [-0.05, 0) is 30.1 Å². The second-order valence-electron chi connectivity index (χ2n) is 6.00. The van der Waals surface area contributed by atoms with Gasteiger partial charge in [0.25, 0.3) is 5.91 Å². The molecular formula is C19H20NO3S2-. The molecule has 0 aliphatic carbocycles. The number of hydrogen-bond donors (Lipinski definition) is 0. The van der Waals surface area contributed by atoms with E-state index < -0.39 is 12.0 Å². The molecule has 0 aromatic heterocycles. The van der Waals surface area contributed by atoms with Crippen molar-refractivity contribution in [2.24, 2.45) is 5.92 Å². The molecule has 1 aliphatic rings. The Labute approximate surface area is 157 Å². The number of amides is 1. The molecule has 2 atom stereocenters. The van der Waals surface area contributed by atoms with E-state index in [9.17, 15) is 14.7 Å². The van der Waals surface area contributed by atoms with Gasteiger partial charge >= 0.3 is 0 Å². The van der Waals surface area contributed by atoms with E-state index in [0.29, 0.717) is 11.3 Å². The largest absolute Gasteiger partial charge is 0.548 e. The van der Waals surface area contributed by atoms with Crippen LogP contribution in [0.25, 0.3) is 6.08 Å². The summed E-state index contributed by atoms with van der Waals surface area (Å²) in [6.45, 7) is 5.55. The topological polar surface area (TPSA) is 60.4 Å². The van der Waals surface area contributed by atoms with Crippen LogP contribution in [0.4, 0.5) is 0 Å². The van der Waals surface area contributed by atoms with E-state index in [4.69, 9.17) is 12.2 Å². The highest BCUT2D eigenvalue weighted by Gasteiger charge is 2.39. The second kappa shape index (κ2) is 8.45. The fourth-order valence-corrected chi connectivity index (χ4v) is 3.97. The zero-order valence-electron chi connectivity index (χ0n) is 14.4. The summed E-state index contributed by atoms with van der Waals surface area (Å²) in [5.41, 5.74) is 1.92. The Morgan fingerprint density at radius 3 is 2.56 bits per heavy atom. The molecule has 2 rings (SSSR count). The first-order chi connectivity index (χ1) is 11.8. The molecule has 25 heavy (non-hydrogen) atoms. The van der Waals surface area contributed by atoms with E-state index in [1.165, 1.54) is 4.90 Å². The Hall–Kier alpha value is -1.92. The zero-order chi connectivity index (χ0) is 18.6. The number of carboxylic acids is 1. The maximum atomic E-state index is 12.7. The third-order valence-electron chi connectivity index (χ3n) is 4.08. The summed E-state index contributed by atoms with van der Waals surface area (Å²) in [5, 5.41) is 11.5. The molecule has 0 N–H and O–H groups in total. The van der Waals surface area contributed by atoms with Crippen LogP contribution in [-0.2, 0) is 9.59 Å². The number of nitrogens with zero attached hydrogens (tertiary/aromatic N) is 1. The van der Waals surface area contributed by atoms with Gasteiger partial charge in [-0.25, -0.2) is 0 Å². The number of benzene rings is 1. The SMILES string of the molecule is CC[C@H](C)[C@H](C(=O)[O-])N1C(=O)/C(=C/C(C)=C/c2ccccc2)SC1=S. The van der Waals surface area contributed by atoms with Crippen molar-refractivity contribution in [3.63, 3.8) is 0 Å². The van der Waals surface area contributed by atoms with E-state index in [-0.39, 0.29) is 16.1 Å². The van der Waals surface area contributed by atoms with Crippen molar-refractivity contribution in [3.05, 3.63) is 52.4 Å². The van der Waals surface area contributed by atoms with Crippen LogP contribution in [0.3, 0.4) is 0 Å². The molecule has 1 saturated heterocycles. The van der Waals surface area contributed by atoms with Crippen LogP contribution >= 0.6 is 24.0 Å². The average Bonchev–Trinajstić information content (AvgIpc) is 2.83. The number of aliphatic carboxylic acids is 1. The molecule has 4 nitrogen and oxygen atoms in total. The van der Waals surface area contributed by atoms with Gasteiger partial charge in [-0.3, -0.25) is 9.69 Å². The lowest BCUT2D eigenvalue weighted by Gasteiger charge is -2.32. The van der Waals surface area contributed by atoms with Crippen molar-refractivity contribution in [1.82, 2.24) is 4.90 Å². The van der Waals surface area contributed by atoms with Crippen molar-refractivity contribution in [3.8, 4) is 0 Å². The summed E-state index contributed by atoms with van der Waals surface area (Å²) in [4.78, 5) is 25.9. The molecular weight excluding hydrogens is 354 g/mol. The molecule has 1 amide bonds. The van der Waals surface area contributed by atoms with Crippen LogP contribution in [0, 0.1) is 5.92 Å². The highest BCUT2D eigenvalue weighted by Crippen LogP contribution is 2.35. The van der Waals surface area contributed by atoms with Gasteiger partial charge in [0.1, 0.15) is 4.32 Å². The fourth-order valence-electron chi connectivity index (χ4n) is 2.60. The van der Waals surface area contributed by atoms with Gasteiger partial charge in [0.15, 0.2) is 0 Å². The van der Waals surface area contributed by atoms with Gasteiger partial charge in [-0.2, -0.15) is 0 Å². The number of allylic oxidation sites excluding steroid dienone is 2. The van der Waals surface area contributed by atoms with Crippen molar-refractivity contribution in [2.75, 3.05) is 0 Å². The van der Waals surface area contributed by atoms with Crippen LogP contribution in [0.2, 0.25) is 0 Å². The third kappa shape index (κ3) is 4.58. The van der Waals surface area contributed by atoms with Crippen molar-refractivity contribution in [2.45, 2.75) is 33.2 Å². The molecule has 0 bridgehead atoms. The van der Waals surface area contributed by atoms with E-state index >= 15 is 0 Å². The van der Waals surface area contributed by atoms with Crippen molar-refractivity contribution in [1.29, 1.82) is 0 Å². The first-order valence-corrected chi connectivity index (χ1v) is 9.29. The lowest BCUT2D eigenvalue weighted by atomic mass is 9.98. The summed E-state index contributed by atoms with van der Waals surface area (Å²) >= 11 is 6.39. The highest BCUT2D eigenvalue weighted by atomic mass is 32.2. The van der Waals surface area contributed by atoms with Crippen molar-refractivity contribution < 1.29 is 14.7 Å². The number of hydrogen-bond acceptors (Lipinski definition) is 5. The number of thiocarbonyl (C=S) groups is 1. The molecule has 1 heterocycles. The van der Waals surface area contributed by atoms with Gasteiger partial charge < -0.3 is 9.90 Å². The molecule has 0 spiro atoms. The lowest BCUT2D eigenvalue weighted by Crippen LogP contribution is -2.53. The normalized spacial score (nSPS) is 19.4. The van der Waals surface area contributed by atoms with Crippen molar-refractivity contribution >= 4 is 46.3 Å². The minimum absolute atomic E-state index is 0.243. The number of carboxylic acid groups (broad SMARTS) is 1. The Kier molecular flexibility index (Phi) is 6.56. The number of carbonyl (C=O) groups excluding carboxylic acids is 2. The minimum Gasteiger partial charge on any atom is -0.548 e. The van der Waals surface area contributed by atoms with E-state index in [1.54, 1.807) is 13.0 Å². The summed E-state index contributed by atoms with van der Waals surface area (Å²) in [6, 6.07) is 8.72. The quantitative estimate of drug-likeness (QED) is 0.566. The molecule has 1 aliphatic heterocycles. The van der Waals surface area contributed by atoms with Crippen LogP contribution < -0.4 is 5.11 Å². The van der Waals surface area contributed by atoms with Crippen LogP contribution in [-0.4, -0.2) is 27.1 Å². The molecule has 6 heteroatoms. The van der Waals surface area contributed by atoms with Gasteiger partial charge in [-0.15, -0.1) is 0 Å². The molecule has 0 radical (unpaired) electrons. The fraction of sp³-hybridized carbons (Fsp3) is 0.316. The first-order valence-electron chi connectivity index (χ1n) is 8.06. The second-order valence-corrected chi connectivity index (χ2v) is 7.68. The van der Waals surface area contributed by atoms with Crippen LogP contribution in [0.1, 0.15) is 32.8 Å². The van der Waals surface area contributed by atoms with E-state index in [2.05, 4.69) is 0 Å². The Balaban J connectivity index is 2.28.